The van der Waals surface area contributed by atoms with E-state index in [4.69, 9.17) is 32.8 Å². The zero-order chi connectivity index (χ0) is 35.7. The highest BCUT2D eigenvalue weighted by atomic mass is 28.4. The summed E-state index contributed by atoms with van der Waals surface area (Å²) in [7, 11) is -2.49. The summed E-state index contributed by atoms with van der Waals surface area (Å²) in [5.74, 6) is -4.78. The first-order valence-electron chi connectivity index (χ1n) is 15.8. The number of carbonyl (C=O) groups excluding carboxylic acids is 4. The molecule has 3 rings (SSSR count). The average molecular weight is 689 g/mol. The Balaban J connectivity index is 2.15. The van der Waals surface area contributed by atoms with Crippen molar-refractivity contribution in [2.24, 2.45) is 0 Å². The Bertz CT molecular complexity index is 1380. The lowest BCUT2D eigenvalue weighted by molar-refractivity contribution is -0.350. The second-order valence-corrected chi connectivity index (χ2v) is 18.1. The Morgan fingerprint density at radius 2 is 1.48 bits per heavy atom. The Morgan fingerprint density at radius 3 is 2.00 bits per heavy atom. The van der Waals surface area contributed by atoms with Crippen LogP contribution in [0.4, 0.5) is 0 Å². The fourth-order valence-electron chi connectivity index (χ4n) is 4.97. The molecule has 12 nitrogen and oxygen atoms in total. The van der Waals surface area contributed by atoms with Crippen molar-refractivity contribution in [1.29, 1.82) is 0 Å². The van der Waals surface area contributed by atoms with E-state index in [1.807, 2.05) is 64.2 Å². The molecule has 1 aliphatic heterocycles. The summed E-state index contributed by atoms with van der Waals surface area (Å²) in [4.78, 5) is 51.0. The fourth-order valence-corrected chi connectivity index (χ4v) is 5.98. The van der Waals surface area contributed by atoms with Crippen molar-refractivity contribution >= 4 is 32.2 Å². The number of benzene rings is 2. The minimum Gasteiger partial charge on any atom is -0.458 e. The van der Waals surface area contributed by atoms with E-state index < -0.39 is 75.1 Å². The average Bonchev–Trinajstić information content (AvgIpc) is 3.02. The van der Waals surface area contributed by atoms with Gasteiger partial charge >= 0.3 is 23.9 Å². The number of hydrogen-bond donors (Lipinski definition) is 1. The molecule has 0 saturated carbocycles. The molecule has 0 unspecified atom stereocenters. The van der Waals surface area contributed by atoms with Gasteiger partial charge in [-0.25, -0.2) is 4.79 Å². The van der Waals surface area contributed by atoms with Crippen LogP contribution >= 0.6 is 0 Å². The second kappa shape index (κ2) is 16.7. The van der Waals surface area contributed by atoms with E-state index in [1.165, 1.54) is 6.92 Å². The molecule has 0 aliphatic carbocycles. The van der Waals surface area contributed by atoms with Gasteiger partial charge in [0.15, 0.2) is 32.4 Å². The summed E-state index contributed by atoms with van der Waals surface area (Å²) in [6, 6.07) is 17.3. The lowest BCUT2D eigenvalue weighted by atomic mass is 9.90. The Morgan fingerprint density at radius 1 is 0.896 bits per heavy atom. The molecular weight excluding hydrogens is 640 g/mol. The third-order valence-corrected chi connectivity index (χ3v) is 12.9. The highest BCUT2D eigenvalue weighted by Gasteiger charge is 2.56. The van der Waals surface area contributed by atoms with E-state index >= 15 is 0 Å². The van der Waals surface area contributed by atoms with Crippen molar-refractivity contribution in [3.63, 3.8) is 0 Å². The predicted molar refractivity (Wildman–Crippen MR) is 176 cm³/mol. The summed E-state index contributed by atoms with van der Waals surface area (Å²) in [6.07, 6.45) is -7.13. The highest BCUT2D eigenvalue weighted by molar-refractivity contribution is 6.74. The molecule has 0 aromatic heterocycles. The maximum Gasteiger partial charge on any atom is 0.338 e. The van der Waals surface area contributed by atoms with E-state index in [0.717, 1.165) is 19.4 Å². The van der Waals surface area contributed by atoms with Gasteiger partial charge in [0.2, 0.25) is 0 Å². The molecule has 48 heavy (non-hydrogen) atoms. The number of ether oxygens (including phenoxy) is 6. The van der Waals surface area contributed by atoms with Crippen LogP contribution in [0.25, 0.3) is 0 Å². The molecular formula is C35H48O12Si. The minimum absolute atomic E-state index is 0.0156. The second-order valence-electron chi connectivity index (χ2n) is 13.3. The maximum absolute atomic E-state index is 13.5. The van der Waals surface area contributed by atoms with E-state index in [9.17, 15) is 24.3 Å². The Labute approximate surface area is 283 Å². The summed E-state index contributed by atoms with van der Waals surface area (Å²) in [6.45, 7) is 12.7. The van der Waals surface area contributed by atoms with Crippen LogP contribution in [0.15, 0.2) is 60.7 Å². The zero-order valence-electron chi connectivity index (χ0n) is 28.9. The van der Waals surface area contributed by atoms with Crippen molar-refractivity contribution in [3.8, 4) is 0 Å². The molecule has 2 aromatic carbocycles. The van der Waals surface area contributed by atoms with Crippen molar-refractivity contribution in [1.82, 2.24) is 0 Å². The summed E-state index contributed by atoms with van der Waals surface area (Å²) >= 11 is 0. The molecule has 0 bridgehead atoms. The van der Waals surface area contributed by atoms with E-state index in [1.54, 1.807) is 30.3 Å². The highest BCUT2D eigenvalue weighted by Crippen LogP contribution is 2.40. The van der Waals surface area contributed by atoms with Gasteiger partial charge in [0, 0.05) is 27.2 Å². The van der Waals surface area contributed by atoms with Crippen LogP contribution < -0.4 is 0 Å². The first-order chi connectivity index (χ1) is 22.5. The lowest BCUT2D eigenvalue weighted by Crippen LogP contribution is -2.65. The van der Waals surface area contributed by atoms with Crippen molar-refractivity contribution in [3.05, 3.63) is 71.8 Å². The SMILES string of the molecule is CC(=O)O[C@H]1[C@H]([C@H](OC(C)=O)[C@@H](CO[Si](C)(C)C(C)(C)C)OC(=O)c2ccccc2)O[C@](CO)(OCc2ccccc2)C[C@@H]1OC(C)=O. The molecule has 13 heteroatoms. The number of carbonyl (C=O) groups is 4. The quantitative estimate of drug-likeness (QED) is 0.166. The molecule has 1 heterocycles. The van der Waals surface area contributed by atoms with Crippen molar-refractivity contribution in [2.45, 2.75) is 109 Å². The van der Waals surface area contributed by atoms with Crippen LogP contribution in [0.2, 0.25) is 18.1 Å². The molecule has 1 saturated heterocycles. The topological polar surface area (TPSA) is 153 Å². The van der Waals surface area contributed by atoms with E-state index in [0.29, 0.717) is 0 Å². The number of esters is 4. The van der Waals surface area contributed by atoms with Crippen LogP contribution in [0.3, 0.4) is 0 Å². The molecule has 1 fully saturated rings. The molecule has 2 aromatic rings. The first kappa shape index (κ1) is 38.8. The van der Waals surface area contributed by atoms with Gasteiger partial charge in [-0.2, -0.15) is 0 Å². The standard InChI is InChI=1S/C35H48O12Si/c1-23(37)43-28-19-35(22-36,41-20-26-15-11-9-12-16-26)47-32(30(28)44-24(2)38)31(45-25(3)39)29(21-42-48(7,8)34(4,5)6)46-33(40)27-17-13-10-14-18-27/h9-18,28-32,36H,19-22H2,1-8H3/t28-,29+,30+,31+,32+,35+/m0/s1. The van der Waals surface area contributed by atoms with Gasteiger partial charge in [-0.05, 0) is 35.8 Å². The summed E-state index contributed by atoms with van der Waals surface area (Å²) in [5.41, 5.74) is 0.983. The van der Waals surface area contributed by atoms with Crippen LogP contribution in [0, 0.1) is 0 Å². The van der Waals surface area contributed by atoms with Crippen molar-refractivity contribution in [2.75, 3.05) is 13.2 Å². The lowest BCUT2D eigenvalue weighted by Gasteiger charge is -2.49. The number of aliphatic hydroxyl groups is 1. The summed E-state index contributed by atoms with van der Waals surface area (Å²) < 4.78 is 42.2. The van der Waals surface area contributed by atoms with Crippen LogP contribution in [-0.2, 0) is 53.8 Å². The maximum atomic E-state index is 13.5. The molecule has 0 spiro atoms. The smallest absolute Gasteiger partial charge is 0.338 e. The fraction of sp³-hybridized carbons (Fsp3) is 0.543. The molecule has 264 valence electrons. The Hall–Kier alpha value is -3.62. The predicted octanol–water partition coefficient (Wildman–Crippen LogP) is 4.72. The third kappa shape index (κ3) is 10.7. The monoisotopic (exact) mass is 688 g/mol. The molecule has 6 atom stereocenters. The van der Waals surface area contributed by atoms with Crippen LogP contribution in [-0.4, -0.2) is 86.8 Å². The molecule has 1 N–H and O–H groups in total. The van der Waals surface area contributed by atoms with E-state index in [2.05, 4.69) is 0 Å². The van der Waals surface area contributed by atoms with Gasteiger partial charge < -0.3 is 38.0 Å². The van der Waals surface area contributed by atoms with Gasteiger partial charge in [-0.3, -0.25) is 14.4 Å². The van der Waals surface area contributed by atoms with Gasteiger partial charge in [0.25, 0.3) is 0 Å². The molecule has 0 radical (unpaired) electrons. The number of aliphatic hydroxyl groups excluding tert-OH is 1. The molecule has 1 aliphatic rings. The normalized spacial score (nSPS) is 22.6. The van der Waals surface area contributed by atoms with Crippen LogP contribution in [0.5, 0.6) is 0 Å². The van der Waals surface area contributed by atoms with E-state index in [-0.39, 0.29) is 30.2 Å². The van der Waals surface area contributed by atoms with Gasteiger partial charge in [0.1, 0.15) is 12.2 Å². The summed E-state index contributed by atoms with van der Waals surface area (Å²) in [5, 5.41) is 10.5. The third-order valence-electron chi connectivity index (χ3n) is 8.43. The minimum atomic E-state index is -2.49. The van der Waals surface area contributed by atoms with Crippen molar-refractivity contribution < 1.29 is 57.1 Å². The number of hydrogen-bond acceptors (Lipinski definition) is 12. The van der Waals surface area contributed by atoms with Gasteiger partial charge in [-0.15, -0.1) is 0 Å². The zero-order valence-corrected chi connectivity index (χ0v) is 29.9. The van der Waals surface area contributed by atoms with Gasteiger partial charge in [0.05, 0.1) is 25.4 Å². The first-order valence-corrected chi connectivity index (χ1v) is 18.8. The number of rotatable bonds is 14. The van der Waals surface area contributed by atoms with Gasteiger partial charge in [-0.1, -0.05) is 69.3 Å². The largest absolute Gasteiger partial charge is 0.458 e. The van der Waals surface area contributed by atoms with Crippen LogP contribution in [0.1, 0.15) is 63.9 Å². The molecule has 0 amide bonds. The Kier molecular flexibility index (Phi) is 13.5.